The van der Waals surface area contributed by atoms with Gasteiger partial charge in [-0.2, -0.15) is 0 Å². The Morgan fingerprint density at radius 2 is 2.19 bits per heavy atom. The number of fused-ring (bicyclic) bond motifs is 1. The maximum Gasteiger partial charge on any atom is 0.317 e. The Hall–Kier alpha value is -2.68. The zero-order valence-electron chi connectivity index (χ0n) is 15.1. The summed E-state index contributed by atoms with van der Waals surface area (Å²) in [5, 5.41) is 2.85. The predicted octanol–water partition coefficient (Wildman–Crippen LogP) is 1.23. The lowest BCUT2D eigenvalue weighted by atomic mass is 9.89. The molecule has 2 aliphatic heterocycles. The fourth-order valence-electron chi connectivity index (χ4n) is 3.70. The predicted molar refractivity (Wildman–Crippen MR) is 95.4 cm³/mol. The van der Waals surface area contributed by atoms with Crippen molar-refractivity contribution < 1.29 is 18.7 Å². The number of nitrogens with one attached hydrogen (secondary N) is 2. The molecule has 3 amide bonds. The van der Waals surface area contributed by atoms with Crippen molar-refractivity contribution in [1.29, 1.82) is 0 Å². The van der Waals surface area contributed by atoms with Crippen LogP contribution in [0.1, 0.15) is 18.7 Å². The van der Waals surface area contributed by atoms with Gasteiger partial charge in [0.25, 0.3) is 0 Å². The monoisotopic (exact) mass is 375 g/mol. The number of amides is 3. The van der Waals surface area contributed by atoms with Crippen LogP contribution in [-0.2, 0) is 16.1 Å². The number of morpholine rings is 1. The molecule has 2 aromatic rings. The van der Waals surface area contributed by atoms with E-state index in [-0.39, 0.29) is 36.5 Å². The molecule has 8 nitrogen and oxygen atoms in total. The minimum absolute atomic E-state index is 0.00786. The molecule has 0 unspecified atom stereocenters. The number of urea groups is 1. The third-order valence-electron chi connectivity index (χ3n) is 5.31. The standard InChI is InChI=1S/C18H22FN5O3/c1-23-11-18(27-10-16(23)25)4-6-24(7-5-18)17(26)20-9-15-21-13-3-2-12(19)8-14(13)22-15/h2-3,8H,4-7,9-11H2,1H3,(H,20,26)(H,21,22). The third kappa shape index (κ3) is 3.59. The van der Waals surface area contributed by atoms with Crippen LogP contribution in [0.2, 0.25) is 0 Å². The number of H-pyrrole nitrogens is 1. The van der Waals surface area contributed by atoms with E-state index in [1.807, 2.05) is 0 Å². The molecular formula is C18H22FN5O3. The molecule has 2 fully saturated rings. The smallest absolute Gasteiger partial charge is 0.317 e. The number of imidazole rings is 1. The lowest BCUT2D eigenvalue weighted by Gasteiger charge is -2.46. The first kappa shape index (κ1) is 17.7. The molecule has 2 aliphatic rings. The molecular weight excluding hydrogens is 353 g/mol. The van der Waals surface area contributed by atoms with Crippen LogP contribution in [0.15, 0.2) is 18.2 Å². The van der Waals surface area contributed by atoms with E-state index in [1.165, 1.54) is 12.1 Å². The first-order valence-corrected chi connectivity index (χ1v) is 8.99. The minimum Gasteiger partial charge on any atom is -0.363 e. The van der Waals surface area contributed by atoms with E-state index in [1.54, 1.807) is 22.9 Å². The van der Waals surface area contributed by atoms with Gasteiger partial charge in [0.05, 0.1) is 23.2 Å². The summed E-state index contributed by atoms with van der Waals surface area (Å²) in [5.41, 5.74) is 0.920. The zero-order chi connectivity index (χ0) is 19.0. The van der Waals surface area contributed by atoms with Gasteiger partial charge in [-0.25, -0.2) is 14.2 Å². The molecule has 4 rings (SSSR count). The number of nitrogens with zero attached hydrogens (tertiary/aromatic N) is 3. The fourth-order valence-corrected chi connectivity index (χ4v) is 3.70. The number of aromatic nitrogens is 2. The number of hydrogen-bond acceptors (Lipinski definition) is 4. The number of benzene rings is 1. The Balaban J connectivity index is 1.31. The van der Waals surface area contributed by atoms with Crippen molar-refractivity contribution in [3.05, 3.63) is 29.8 Å². The maximum atomic E-state index is 13.2. The summed E-state index contributed by atoms with van der Waals surface area (Å²) in [7, 11) is 1.78. The number of ether oxygens (including phenoxy) is 1. The third-order valence-corrected chi connectivity index (χ3v) is 5.31. The number of carbonyl (C=O) groups excluding carboxylic acids is 2. The summed E-state index contributed by atoms with van der Waals surface area (Å²) >= 11 is 0. The zero-order valence-corrected chi connectivity index (χ0v) is 15.1. The fraction of sp³-hybridized carbons (Fsp3) is 0.500. The molecule has 0 bridgehead atoms. The Kier molecular flexibility index (Phi) is 4.47. The van der Waals surface area contributed by atoms with Gasteiger partial charge >= 0.3 is 6.03 Å². The van der Waals surface area contributed by atoms with Gasteiger partial charge in [-0.3, -0.25) is 4.79 Å². The summed E-state index contributed by atoms with van der Waals surface area (Å²) in [4.78, 5) is 34.8. The van der Waals surface area contributed by atoms with Crippen LogP contribution < -0.4 is 5.32 Å². The second-order valence-corrected chi connectivity index (χ2v) is 7.21. The maximum absolute atomic E-state index is 13.2. The van der Waals surface area contributed by atoms with Gasteiger partial charge in [0.1, 0.15) is 18.2 Å². The van der Waals surface area contributed by atoms with Crippen LogP contribution in [0.25, 0.3) is 11.0 Å². The number of likely N-dealkylation sites (tertiary alicyclic amines) is 1. The summed E-state index contributed by atoms with van der Waals surface area (Å²) in [6.07, 6.45) is 1.39. The quantitative estimate of drug-likeness (QED) is 0.826. The van der Waals surface area contributed by atoms with Gasteiger partial charge in [-0.15, -0.1) is 0 Å². The normalized spacial score (nSPS) is 19.7. The number of halogens is 1. The average molecular weight is 375 g/mol. The Bertz CT molecular complexity index is 875. The van der Waals surface area contributed by atoms with Crippen molar-refractivity contribution in [3.63, 3.8) is 0 Å². The van der Waals surface area contributed by atoms with Gasteiger partial charge in [0.15, 0.2) is 0 Å². The van der Waals surface area contributed by atoms with Gasteiger partial charge < -0.3 is 24.8 Å². The highest BCUT2D eigenvalue weighted by Crippen LogP contribution is 2.30. The first-order valence-electron chi connectivity index (χ1n) is 8.99. The second-order valence-electron chi connectivity index (χ2n) is 7.21. The van der Waals surface area contributed by atoms with Crippen molar-refractivity contribution in [3.8, 4) is 0 Å². The van der Waals surface area contributed by atoms with Crippen LogP contribution in [-0.4, -0.2) is 70.6 Å². The second kappa shape index (κ2) is 6.80. The van der Waals surface area contributed by atoms with Crippen LogP contribution in [0, 0.1) is 5.82 Å². The van der Waals surface area contributed by atoms with Gasteiger partial charge in [-0.1, -0.05) is 0 Å². The average Bonchev–Trinajstić information content (AvgIpc) is 3.06. The van der Waals surface area contributed by atoms with E-state index in [4.69, 9.17) is 4.74 Å². The highest BCUT2D eigenvalue weighted by Gasteiger charge is 2.41. The Morgan fingerprint density at radius 1 is 1.41 bits per heavy atom. The van der Waals surface area contributed by atoms with Crippen molar-refractivity contribution in [2.75, 3.05) is 33.3 Å². The van der Waals surface area contributed by atoms with Crippen LogP contribution >= 0.6 is 0 Å². The van der Waals surface area contributed by atoms with Crippen molar-refractivity contribution >= 4 is 23.0 Å². The molecule has 0 atom stereocenters. The van der Waals surface area contributed by atoms with E-state index < -0.39 is 0 Å². The van der Waals surface area contributed by atoms with E-state index in [0.29, 0.717) is 49.3 Å². The molecule has 2 saturated heterocycles. The molecule has 144 valence electrons. The van der Waals surface area contributed by atoms with Crippen LogP contribution in [0.4, 0.5) is 9.18 Å². The highest BCUT2D eigenvalue weighted by atomic mass is 19.1. The summed E-state index contributed by atoms with van der Waals surface area (Å²) in [6.45, 7) is 2.05. The molecule has 0 radical (unpaired) electrons. The summed E-state index contributed by atoms with van der Waals surface area (Å²) in [5.74, 6) is 0.237. The molecule has 1 spiro atoms. The largest absolute Gasteiger partial charge is 0.363 e. The topological polar surface area (TPSA) is 90.6 Å². The molecule has 2 N–H and O–H groups in total. The molecule has 0 saturated carbocycles. The molecule has 9 heteroatoms. The number of likely N-dealkylation sites (N-methyl/N-ethyl adjacent to an activating group) is 1. The number of hydrogen-bond donors (Lipinski definition) is 2. The van der Waals surface area contributed by atoms with E-state index in [0.717, 1.165) is 0 Å². The Morgan fingerprint density at radius 3 is 2.93 bits per heavy atom. The van der Waals surface area contributed by atoms with E-state index in [9.17, 15) is 14.0 Å². The van der Waals surface area contributed by atoms with Gasteiger partial charge in [0, 0.05) is 26.7 Å². The van der Waals surface area contributed by atoms with Crippen LogP contribution in [0.3, 0.4) is 0 Å². The number of aromatic amines is 1. The van der Waals surface area contributed by atoms with Crippen LogP contribution in [0.5, 0.6) is 0 Å². The van der Waals surface area contributed by atoms with E-state index in [2.05, 4.69) is 15.3 Å². The van der Waals surface area contributed by atoms with Crippen molar-refractivity contribution in [2.24, 2.45) is 0 Å². The highest BCUT2D eigenvalue weighted by molar-refractivity contribution is 5.78. The SMILES string of the molecule is CN1CC2(CCN(C(=O)NCc3nc4ccc(F)cc4[nH]3)CC2)OCC1=O. The van der Waals surface area contributed by atoms with Crippen molar-refractivity contribution in [1.82, 2.24) is 25.1 Å². The van der Waals surface area contributed by atoms with E-state index >= 15 is 0 Å². The van der Waals surface area contributed by atoms with Gasteiger partial charge in [0.2, 0.25) is 5.91 Å². The molecule has 1 aromatic heterocycles. The molecule has 0 aliphatic carbocycles. The number of carbonyl (C=O) groups is 2. The molecule has 27 heavy (non-hydrogen) atoms. The first-order chi connectivity index (χ1) is 12.9. The summed E-state index contributed by atoms with van der Waals surface area (Å²) in [6, 6.07) is 4.16. The molecule has 1 aromatic carbocycles. The molecule has 3 heterocycles. The minimum atomic E-state index is -0.345. The van der Waals surface area contributed by atoms with Gasteiger partial charge in [-0.05, 0) is 31.0 Å². The lowest BCUT2D eigenvalue weighted by molar-refractivity contribution is -0.167. The van der Waals surface area contributed by atoms with Crippen molar-refractivity contribution in [2.45, 2.75) is 25.0 Å². The summed E-state index contributed by atoms with van der Waals surface area (Å²) < 4.78 is 19.0. The number of rotatable bonds is 2. The Labute approximate surface area is 155 Å². The number of piperidine rings is 1. The lowest BCUT2D eigenvalue weighted by Crippen LogP contribution is -2.59.